The summed E-state index contributed by atoms with van der Waals surface area (Å²) in [6.45, 7) is 2.61. The van der Waals surface area contributed by atoms with E-state index in [2.05, 4.69) is 4.72 Å². The molecule has 0 atom stereocenters. The summed E-state index contributed by atoms with van der Waals surface area (Å²) in [4.78, 5) is 14.1. The molecule has 1 amide bonds. The van der Waals surface area contributed by atoms with Crippen LogP contribution in [0.25, 0.3) is 0 Å². The molecule has 0 saturated heterocycles. The van der Waals surface area contributed by atoms with Crippen LogP contribution in [0.15, 0.2) is 41.3 Å². The minimum Gasteiger partial charge on any atom is -0.495 e. The first-order chi connectivity index (χ1) is 13.9. The second-order valence-electron chi connectivity index (χ2n) is 6.87. The first-order valence-corrected chi connectivity index (χ1v) is 11.0. The molecular formula is C21H26N2O5S. The van der Waals surface area contributed by atoms with E-state index >= 15 is 0 Å². The quantitative estimate of drug-likeness (QED) is 0.747. The maximum atomic E-state index is 13.0. The number of amides is 1. The van der Waals surface area contributed by atoms with Crippen LogP contribution >= 0.6 is 0 Å². The summed E-state index contributed by atoms with van der Waals surface area (Å²) in [6.07, 6.45) is 2.30. The molecule has 3 rings (SSSR count). The highest BCUT2D eigenvalue weighted by molar-refractivity contribution is 7.92. The molecule has 29 heavy (non-hydrogen) atoms. The lowest BCUT2D eigenvalue weighted by Gasteiger charge is -2.29. The number of nitrogens with zero attached hydrogens (tertiary/aromatic N) is 1. The predicted molar refractivity (Wildman–Crippen MR) is 112 cm³/mol. The van der Waals surface area contributed by atoms with Gasteiger partial charge in [0.1, 0.15) is 17.3 Å². The third-order valence-electron chi connectivity index (χ3n) is 4.95. The number of nitrogens with one attached hydrogen (secondary N) is 1. The van der Waals surface area contributed by atoms with Crippen molar-refractivity contribution in [2.24, 2.45) is 0 Å². The summed E-state index contributed by atoms with van der Waals surface area (Å²) in [5, 5.41) is 0. The van der Waals surface area contributed by atoms with Crippen LogP contribution in [0, 0.1) is 0 Å². The van der Waals surface area contributed by atoms with E-state index in [4.69, 9.17) is 9.47 Å². The Bertz CT molecular complexity index is 1000. The number of fused-ring (bicyclic) bond motifs is 1. The lowest BCUT2D eigenvalue weighted by atomic mass is 10.0. The molecule has 0 unspecified atom stereocenters. The number of carbonyl (C=O) groups is 1. The van der Waals surface area contributed by atoms with Crippen LogP contribution in [0.5, 0.6) is 5.75 Å². The molecule has 8 heteroatoms. The number of benzene rings is 2. The van der Waals surface area contributed by atoms with Gasteiger partial charge >= 0.3 is 0 Å². The lowest BCUT2D eigenvalue weighted by molar-refractivity contribution is -0.122. The number of hydrogen-bond donors (Lipinski definition) is 1. The fourth-order valence-electron chi connectivity index (χ4n) is 3.48. The van der Waals surface area contributed by atoms with Crippen molar-refractivity contribution in [1.29, 1.82) is 0 Å². The summed E-state index contributed by atoms with van der Waals surface area (Å²) < 4.78 is 38.9. The number of sulfonamides is 1. The fourth-order valence-corrected chi connectivity index (χ4v) is 4.75. The van der Waals surface area contributed by atoms with Gasteiger partial charge in [-0.15, -0.1) is 0 Å². The molecular weight excluding hydrogens is 392 g/mol. The largest absolute Gasteiger partial charge is 0.495 e. The average molecular weight is 419 g/mol. The number of methoxy groups -OCH3 is 2. The number of hydrogen-bond acceptors (Lipinski definition) is 5. The zero-order chi connectivity index (χ0) is 21.0. The molecule has 0 bridgehead atoms. The Balaban J connectivity index is 1.90. The summed E-state index contributed by atoms with van der Waals surface area (Å²) >= 11 is 0. The number of aryl methyl sites for hydroxylation is 2. The summed E-state index contributed by atoms with van der Waals surface area (Å²) in [5.41, 5.74) is 3.08. The van der Waals surface area contributed by atoms with Crippen molar-refractivity contribution in [2.75, 3.05) is 37.0 Å². The SMILES string of the molecule is CCc1ccc(OC)c(S(=O)(=O)Nc2ccc3c(c2)CCCN3C(=O)COC)c1. The average Bonchev–Trinajstić information content (AvgIpc) is 2.72. The van der Waals surface area contributed by atoms with Gasteiger partial charge in [0.05, 0.1) is 7.11 Å². The van der Waals surface area contributed by atoms with Crippen LogP contribution in [0.2, 0.25) is 0 Å². The second-order valence-corrected chi connectivity index (χ2v) is 8.52. The molecule has 1 aliphatic heterocycles. The fraction of sp³-hybridized carbons (Fsp3) is 0.381. The summed E-state index contributed by atoms with van der Waals surface area (Å²) in [6, 6.07) is 10.4. The number of anilines is 2. The van der Waals surface area contributed by atoms with Gasteiger partial charge in [0.15, 0.2) is 0 Å². The zero-order valence-corrected chi connectivity index (χ0v) is 17.7. The molecule has 0 fully saturated rings. The van der Waals surface area contributed by atoms with Gasteiger partial charge in [0, 0.05) is 25.0 Å². The Morgan fingerprint density at radius 3 is 2.66 bits per heavy atom. The summed E-state index contributed by atoms with van der Waals surface area (Å²) in [5.74, 6) is 0.187. The van der Waals surface area contributed by atoms with E-state index < -0.39 is 10.0 Å². The van der Waals surface area contributed by atoms with Crippen molar-refractivity contribution in [3.05, 3.63) is 47.5 Å². The molecule has 2 aromatic carbocycles. The molecule has 1 N–H and O–H groups in total. The molecule has 7 nitrogen and oxygen atoms in total. The van der Waals surface area contributed by atoms with E-state index in [1.807, 2.05) is 13.0 Å². The molecule has 156 valence electrons. The molecule has 1 heterocycles. The molecule has 1 aliphatic rings. The van der Waals surface area contributed by atoms with Gasteiger partial charge in [0.25, 0.3) is 15.9 Å². The smallest absolute Gasteiger partial charge is 0.265 e. The van der Waals surface area contributed by atoms with Crippen molar-refractivity contribution >= 4 is 27.3 Å². The third kappa shape index (κ3) is 4.54. The van der Waals surface area contributed by atoms with Gasteiger partial charge in [-0.3, -0.25) is 9.52 Å². The van der Waals surface area contributed by atoms with Crippen molar-refractivity contribution in [1.82, 2.24) is 0 Å². The van der Waals surface area contributed by atoms with E-state index in [0.29, 0.717) is 18.0 Å². The highest BCUT2D eigenvalue weighted by atomic mass is 32.2. The van der Waals surface area contributed by atoms with E-state index in [-0.39, 0.29) is 17.4 Å². The van der Waals surface area contributed by atoms with Crippen LogP contribution in [0.1, 0.15) is 24.5 Å². The van der Waals surface area contributed by atoms with Gasteiger partial charge in [0.2, 0.25) is 0 Å². The zero-order valence-electron chi connectivity index (χ0n) is 16.9. The van der Waals surface area contributed by atoms with Crippen LogP contribution in [0.4, 0.5) is 11.4 Å². The van der Waals surface area contributed by atoms with Gasteiger partial charge < -0.3 is 14.4 Å². The first-order valence-electron chi connectivity index (χ1n) is 9.51. The molecule has 0 aromatic heterocycles. The predicted octanol–water partition coefficient (Wildman–Crippen LogP) is 2.98. The number of carbonyl (C=O) groups excluding carboxylic acids is 1. The minimum absolute atomic E-state index is 0.0153. The third-order valence-corrected chi connectivity index (χ3v) is 6.35. The summed E-state index contributed by atoms with van der Waals surface area (Å²) in [7, 11) is -0.892. The second kappa shape index (κ2) is 8.84. The Morgan fingerprint density at radius 1 is 1.17 bits per heavy atom. The van der Waals surface area contributed by atoms with Gasteiger partial charge in [-0.2, -0.15) is 0 Å². The normalized spacial score (nSPS) is 13.7. The molecule has 0 radical (unpaired) electrons. The van der Waals surface area contributed by atoms with Crippen molar-refractivity contribution in [3.8, 4) is 5.75 Å². The highest BCUT2D eigenvalue weighted by Crippen LogP contribution is 2.32. The Kier molecular flexibility index (Phi) is 6.44. The Morgan fingerprint density at radius 2 is 1.97 bits per heavy atom. The van der Waals surface area contributed by atoms with Gasteiger partial charge in [-0.25, -0.2) is 8.42 Å². The van der Waals surface area contributed by atoms with Crippen LogP contribution in [-0.4, -0.2) is 41.7 Å². The lowest BCUT2D eigenvalue weighted by Crippen LogP contribution is -2.37. The molecule has 0 aliphatic carbocycles. The maximum absolute atomic E-state index is 13.0. The van der Waals surface area contributed by atoms with Crippen LogP contribution < -0.4 is 14.4 Å². The van der Waals surface area contributed by atoms with Crippen LogP contribution in [-0.2, 0) is 32.4 Å². The monoisotopic (exact) mass is 418 g/mol. The number of ether oxygens (including phenoxy) is 2. The van der Waals surface area contributed by atoms with E-state index in [9.17, 15) is 13.2 Å². The first kappa shape index (κ1) is 21.1. The molecule has 0 saturated carbocycles. The number of rotatable bonds is 7. The molecule has 0 spiro atoms. The Labute approximate surface area is 171 Å². The van der Waals surface area contributed by atoms with Crippen molar-refractivity contribution < 1.29 is 22.7 Å². The standard InChI is InChI=1S/C21H26N2O5S/c1-4-15-7-10-19(28-3)20(12-15)29(25,26)22-17-8-9-18-16(13-17)6-5-11-23(18)21(24)14-27-2/h7-10,12-13,22H,4-6,11,14H2,1-3H3. The molecule has 2 aromatic rings. The Hall–Kier alpha value is -2.58. The maximum Gasteiger partial charge on any atom is 0.265 e. The highest BCUT2D eigenvalue weighted by Gasteiger charge is 2.24. The van der Waals surface area contributed by atoms with Crippen molar-refractivity contribution in [2.45, 2.75) is 31.1 Å². The van der Waals surface area contributed by atoms with Gasteiger partial charge in [-0.05, 0) is 60.7 Å². The topological polar surface area (TPSA) is 84.9 Å². The minimum atomic E-state index is -3.83. The van der Waals surface area contributed by atoms with Gasteiger partial charge in [-0.1, -0.05) is 13.0 Å². The van der Waals surface area contributed by atoms with E-state index in [1.165, 1.54) is 14.2 Å². The van der Waals surface area contributed by atoms with Crippen LogP contribution in [0.3, 0.4) is 0 Å². The van der Waals surface area contributed by atoms with E-state index in [0.717, 1.165) is 36.1 Å². The van der Waals surface area contributed by atoms with Crippen molar-refractivity contribution in [3.63, 3.8) is 0 Å². The van der Waals surface area contributed by atoms with E-state index in [1.54, 1.807) is 35.2 Å².